The van der Waals surface area contributed by atoms with E-state index in [1.165, 1.54) is 6.20 Å². The van der Waals surface area contributed by atoms with Crippen LogP contribution in [0.4, 0.5) is 0 Å². The average Bonchev–Trinajstić information content (AvgIpc) is 2.94. The van der Waals surface area contributed by atoms with E-state index in [1.54, 1.807) is 24.8 Å². The van der Waals surface area contributed by atoms with E-state index in [9.17, 15) is 9.90 Å². The normalized spacial score (nSPS) is 11.7. The number of hydrogen-bond donors (Lipinski definition) is 2. The molecule has 25 heavy (non-hydrogen) atoms. The maximum absolute atomic E-state index is 13.0. The molecular formula is C19H22N4O2. The van der Waals surface area contributed by atoms with Gasteiger partial charge in [0.2, 0.25) is 0 Å². The Morgan fingerprint density at radius 3 is 2.68 bits per heavy atom. The van der Waals surface area contributed by atoms with Crippen LogP contribution in [0.3, 0.4) is 0 Å². The highest BCUT2D eigenvalue weighted by Crippen LogP contribution is 2.18. The van der Waals surface area contributed by atoms with Gasteiger partial charge in [-0.15, -0.1) is 0 Å². The lowest BCUT2D eigenvalue weighted by Crippen LogP contribution is -2.41. The van der Waals surface area contributed by atoms with Crippen molar-refractivity contribution in [1.29, 1.82) is 0 Å². The van der Waals surface area contributed by atoms with E-state index in [4.69, 9.17) is 0 Å². The molecule has 130 valence electrons. The Balaban J connectivity index is 1.92. The summed E-state index contributed by atoms with van der Waals surface area (Å²) in [7, 11) is 0. The van der Waals surface area contributed by atoms with Crippen LogP contribution in [0.25, 0.3) is 11.0 Å². The molecule has 0 aliphatic heterocycles. The fourth-order valence-corrected chi connectivity index (χ4v) is 2.79. The van der Waals surface area contributed by atoms with Crippen LogP contribution in [-0.4, -0.2) is 43.2 Å². The average molecular weight is 338 g/mol. The zero-order valence-electron chi connectivity index (χ0n) is 14.7. The van der Waals surface area contributed by atoms with Gasteiger partial charge >= 0.3 is 0 Å². The molecule has 0 unspecified atom stereocenters. The molecule has 1 amide bonds. The number of fused-ring (bicyclic) bond motifs is 1. The number of benzene rings is 1. The predicted molar refractivity (Wildman–Crippen MR) is 96.1 cm³/mol. The number of aliphatic hydroxyl groups is 1. The van der Waals surface area contributed by atoms with E-state index < -0.39 is 5.60 Å². The number of aryl methyl sites for hydroxylation is 1. The Hall–Kier alpha value is -2.73. The third-order valence-corrected chi connectivity index (χ3v) is 3.93. The molecule has 0 fully saturated rings. The molecule has 2 heterocycles. The van der Waals surface area contributed by atoms with Crippen molar-refractivity contribution in [3.8, 4) is 0 Å². The van der Waals surface area contributed by atoms with Gasteiger partial charge in [-0.05, 0) is 32.4 Å². The van der Waals surface area contributed by atoms with Gasteiger partial charge in [0.25, 0.3) is 5.91 Å². The first kappa shape index (κ1) is 17.1. The summed E-state index contributed by atoms with van der Waals surface area (Å²) in [5.74, 6) is -0.166. The third kappa shape index (κ3) is 4.03. The zero-order chi connectivity index (χ0) is 18.0. The molecular weight excluding hydrogens is 316 g/mol. The van der Waals surface area contributed by atoms with Crippen LogP contribution in [0.2, 0.25) is 0 Å². The highest BCUT2D eigenvalue weighted by Gasteiger charge is 2.24. The molecule has 0 bridgehead atoms. The maximum atomic E-state index is 13.0. The van der Waals surface area contributed by atoms with Crippen LogP contribution in [0.15, 0.2) is 42.6 Å². The van der Waals surface area contributed by atoms with Gasteiger partial charge in [-0.25, -0.2) is 4.98 Å². The summed E-state index contributed by atoms with van der Waals surface area (Å²) in [5.41, 5.74) is 1.96. The number of carbonyl (C=O) groups is 1. The predicted octanol–water partition coefficient (Wildman–Crippen LogP) is 2.68. The van der Waals surface area contributed by atoms with Crippen molar-refractivity contribution in [3.05, 3.63) is 59.4 Å². The van der Waals surface area contributed by atoms with E-state index in [0.29, 0.717) is 17.8 Å². The van der Waals surface area contributed by atoms with Crippen molar-refractivity contribution in [2.45, 2.75) is 32.9 Å². The minimum absolute atomic E-state index is 0.166. The minimum atomic E-state index is -0.993. The number of carbonyl (C=O) groups excluding carboxylic acids is 1. The number of rotatable bonds is 5. The lowest BCUT2D eigenvalue weighted by Gasteiger charge is -2.29. The summed E-state index contributed by atoms with van der Waals surface area (Å²) in [6, 6.07) is 11.5. The van der Waals surface area contributed by atoms with Gasteiger partial charge in [0.15, 0.2) is 5.65 Å². The molecule has 2 N–H and O–H groups in total. The first-order chi connectivity index (χ1) is 11.8. The van der Waals surface area contributed by atoms with Crippen LogP contribution in [-0.2, 0) is 6.54 Å². The summed E-state index contributed by atoms with van der Waals surface area (Å²) in [6.45, 7) is 5.93. The van der Waals surface area contributed by atoms with Crippen LogP contribution in [0.1, 0.15) is 35.5 Å². The molecule has 0 saturated heterocycles. The Kier molecular flexibility index (Phi) is 4.55. The highest BCUT2D eigenvalue weighted by molar-refractivity contribution is 5.97. The first-order valence-corrected chi connectivity index (χ1v) is 8.20. The standard InChI is InChI=1S/C19H22N4O2/c1-13-16-9-15(10-20-17(16)22-21-13)18(24)23(12-19(2,3)25)11-14-7-5-4-6-8-14/h4-10,25H,11-12H2,1-3H3,(H,20,21,22). The maximum Gasteiger partial charge on any atom is 0.255 e. The number of amides is 1. The van der Waals surface area contributed by atoms with Gasteiger partial charge in [0.05, 0.1) is 11.2 Å². The molecule has 6 heteroatoms. The second kappa shape index (κ2) is 6.64. The molecule has 3 aromatic rings. The summed E-state index contributed by atoms with van der Waals surface area (Å²) in [4.78, 5) is 19.0. The number of hydrogen-bond acceptors (Lipinski definition) is 4. The molecule has 3 rings (SSSR count). The van der Waals surface area contributed by atoms with E-state index in [-0.39, 0.29) is 12.5 Å². The van der Waals surface area contributed by atoms with Gasteiger partial charge in [-0.2, -0.15) is 5.10 Å². The third-order valence-electron chi connectivity index (χ3n) is 3.93. The SMILES string of the molecule is Cc1[nH]nc2ncc(C(=O)N(Cc3ccccc3)CC(C)(C)O)cc12. The lowest BCUT2D eigenvalue weighted by molar-refractivity contribution is 0.0280. The molecule has 1 aromatic carbocycles. The Morgan fingerprint density at radius 1 is 1.28 bits per heavy atom. The van der Waals surface area contributed by atoms with Crippen molar-refractivity contribution < 1.29 is 9.90 Å². The van der Waals surface area contributed by atoms with Crippen molar-refractivity contribution in [1.82, 2.24) is 20.1 Å². The van der Waals surface area contributed by atoms with Crippen LogP contribution >= 0.6 is 0 Å². The second-order valence-electron chi connectivity index (χ2n) is 6.90. The van der Waals surface area contributed by atoms with Gasteiger partial charge in [0.1, 0.15) is 0 Å². The summed E-state index contributed by atoms with van der Waals surface area (Å²) in [6.07, 6.45) is 1.54. The fourth-order valence-electron chi connectivity index (χ4n) is 2.79. The molecule has 6 nitrogen and oxygen atoms in total. The van der Waals surface area contributed by atoms with Gasteiger partial charge in [-0.3, -0.25) is 9.89 Å². The monoisotopic (exact) mass is 338 g/mol. The van der Waals surface area contributed by atoms with E-state index in [0.717, 1.165) is 16.6 Å². The van der Waals surface area contributed by atoms with Crippen LogP contribution in [0, 0.1) is 6.92 Å². The van der Waals surface area contributed by atoms with Crippen molar-refractivity contribution >= 4 is 16.9 Å². The fraction of sp³-hybridized carbons (Fsp3) is 0.316. The van der Waals surface area contributed by atoms with Crippen LogP contribution in [0.5, 0.6) is 0 Å². The number of aromatic nitrogens is 3. The van der Waals surface area contributed by atoms with E-state index in [2.05, 4.69) is 15.2 Å². The Bertz CT molecular complexity index is 881. The first-order valence-electron chi connectivity index (χ1n) is 8.20. The number of nitrogens with zero attached hydrogens (tertiary/aromatic N) is 3. The zero-order valence-corrected chi connectivity index (χ0v) is 14.7. The number of nitrogens with one attached hydrogen (secondary N) is 1. The largest absolute Gasteiger partial charge is 0.389 e. The highest BCUT2D eigenvalue weighted by atomic mass is 16.3. The molecule has 2 aromatic heterocycles. The Labute approximate surface area is 146 Å². The number of pyridine rings is 1. The minimum Gasteiger partial charge on any atom is -0.389 e. The second-order valence-corrected chi connectivity index (χ2v) is 6.90. The van der Waals surface area contributed by atoms with Gasteiger partial charge < -0.3 is 10.0 Å². The summed E-state index contributed by atoms with van der Waals surface area (Å²) < 4.78 is 0. The Morgan fingerprint density at radius 2 is 2.00 bits per heavy atom. The molecule has 0 radical (unpaired) electrons. The number of aromatic amines is 1. The topological polar surface area (TPSA) is 82.1 Å². The molecule has 0 aliphatic carbocycles. The quantitative estimate of drug-likeness (QED) is 0.749. The molecule has 0 saturated carbocycles. The molecule has 0 atom stereocenters. The lowest BCUT2D eigenvalue weighted by atomic mass is 10.1. The summed E-state index contributed by atoms with van der Waals surface area (Å²) >= 11 is 0. The van der Waals surface area contributed by atoms with E-state index in [1.807, 2.05) is 37.3 Å². The van der Waals surface area contributed by atoms with Gasteiger partial charge in [-0.1, -0.05) is 30.3 Å². The van der Waals surface area contributed by atoms with Crippen molar-refractivity contribution in [2.75, 3.05) is 6.54 Å². The smallest absolute Gasteiger partial charge is 0.255 e. The molecule has 0 spiro atoms. The number of H-pyrrole nitrogens is 1. The van der Waals surface area contributed by atoms with Crippen molar-refractivity contribution in [2.24, 2.45) is 0 Å². The summed E-state index contributed by atoms with van der Waals surface area (Å²) in [5, 5.41) is 18.0. The van der Waals surface area contributed by atoms with Crippen molar-refractivity contribution in [3.63, 3.8) is 0 Å². The van der Waals surface area contributed by atoms with E-state index >= 15 is 0 Å². The van der Waals surface area contributed by atoms with Crippen LogP contribution < -0.4 is 0 Å². The molecule has 0 aliphatic rings. The van der Waals surface area contributed by atoms with Gasteiger partial charge in [0, 0.05) is 30.4 Å².